The van der Waals surface area contributed by atoms with Crippen LogP contribution in [0.4, 0.5) is 4.39 Å². The lowest BCUT2D eigenvalue weighted by atomic mass is 10.1. The van der Waals surface area contributed by atoms with Crippen molar-refractivity contribution in [2.75, 3.05) is 0 Å². The van der Waals surface area contributed by atoms with E-state index in [0.29, 0.717) is 22.8 Å². The van der Waals surface area contributed by atoms with Crippen molar-refractivity contribution in [1.29, 1.82) is 0 Å². The Hall–Kier alpha value is -3.28. The lowest BCUT2D eigenvalue weighted by Gasteiger charge is -2.11. The Kier molecular flexibility index (Phi) is 5.76. The van der Waals surface area contributed by atoms with Gasteiger partial charge in [0, 0.05) is 17.5 Å². The molecular weight excluding hydrogens is 349 g/mol. The van der Waals surface area contributed by atoms with Gasteiger partial charge in [-0.2, -0.15) is 0 Å². The Bertz CT molecular complexity index is 919. The number of rotatable bonds is 7. The zero-order chi connectivity index (χ0) is 19.2. The first-order valence-corrected chi connectivity index (χ1v) is 8.52. The minimum atomic E-state index is -0.862. The molecule has 1 heterocycles. The molecule has 0 spiro atoms. The number of carbonyl (C=O) groups excluding carboxylic acids is 2. The fourth-order valence-corrected chi connectivity index (χ4v) is 2.53. The molecule has 3 rings (SSSR count). The van der Waals surface area contributed by atoms with Gasteiger partial charge in [-0.15, -0.1) is 0 Å². The van der Waals surface area contributed by atoms with Crippen LogP contribution in [0.3, 0.4) is 0 Å². The molecule has 0 radical (unpaired) electrons. The number of esters is 1. The van der Waals surface area contributed by atoms with Crippen LogP contribution in [0.1, 0.15) is 29.6 Å². The number of halogens is 1. The van der Waals surface area contributed by atoms with Crippen LogP contribution in [0, 0.1) is 5.82 Å². The molecule has 0 bridgehead atoms. The predicted molar refractivity (Wildman–Crippen MR) is 96.5 cm³/mol. The SMILES string of the molecule is CC(OC(=O)CCc1ncc(-c2ccc(F)cc2)o1)C(=O)c1ccccc1. The molecule has 3 aromatic rings. The Morgan fingerprint density at radius 1 is 1.11 bits per heavy atom. The summed E-state index contributed by atoms with van der Waals surface area (Å²) in [5.41, 5.74) is 1.19. The molecule has 5 nitrogen and oxygen atoms in total. The fraction of sp³-hybridized carbons (Fsp3) is 0.190. The van der Waals surface area contributed by atoms with E-state index >= 15 is 0 Å². The number of nitrogens with zero attached hydrogens (tertiary/aromatic N) is 1. The monoisotopic (exact) mass is 367 g/mol. The molecule has 0 aliphatic heterocycles. The Morgan fingerprint density at radius 2 is 1.81 bits per heavy atom. The number of hydrogen-bond donors (Lipinski definition) is 0. The molecule has 0 aliphatic rings. The van der Waals surface area contributed by atoms with Gasteiger partial charge in [-0.25, -0.2) is 9.37 Å². The van der Waals surface area contributed by atoms with Crippen LogP contribution in [-0.2, 0) is 16.0 Å². The molecule has 1 unspecified atom stereocenters. The molecule has 0 aliphatic carbocycles. The molecule has 0 amide bonds. The van der Waals surface area contributed by atoms with E-state index in [9.17, 15) is 14.0 Å². The Labute approximate surface area is 155 Å². The van der Waals surface area contributed by atoms with Crippen molar-refractivity contribution < 1.29 is 23.1 Å². The van der Waals surface area contributed by atoms with Crippen molar-refractivity contribution in [2.24, 2.45) is 0 Å². The lowest BCUT2D eigenvalue weighted by molar-refractivity contribution is -0.146. The highest BCUT2D eigenvalue weighted by Gasteiger charge is 2.19. The number of ketones is 1. The van der Waals surface area contributed by atoms with E-state index in [4.69, 9.17) is 9.15 Å². The van der Waals surface area contributed by atoms with E-state index in [0.717, 1.165) is 0 Å². The second kappa shape index (κ2) is 8.40. The first-order chi connectivity index (χ1) is 13.0. The average molecular weight is 367 g/mol. The topological polar surface area (TPSA) is 69.4 Å². The Morgan fingerprint density at radius 3 is 2.52 bits per heavy atom. The van der Waals surface area contributed by atoms with Gasteiger partial charge < -0.3 is 9.15 Å². The van der Waals surface area contributed by atoms with Gasteiger partial charge in [-0.3, -0.25) is 9.59 Å². The van der Waals surface area contributed by atoms with Gasteiger partial charge in [-0.05, 0) is 31.2 Å². The summed E-state index contributed by atoms with van der Waals surface area (Å²) in [6, 6.07) is 14.5. The highest BCUT2D eigenvalue weighted by molar-refractivity contribution is 6.00. The van der Waals surface area contributed by atoms with E-state index in [-0.39, 0.29) is 24.4 Å². The summed E-state index contributed by atoms with van der Waals surface area (Å²) >= 11 is 0. The molecule has 138 valence electrons. The number of benzene rings is 2. The van der Waals surface area contributed by atoms with E-state index < -0.39 is 12.1 Å². The first kappa shape index (κ1) is 18.5. The van der Waals surface area contributed by atoms with Gasteiger partial charge in [0.05, 0.1) is 12.6 Å². The first-order valence-electron chi connectivity index (χ1n) is 8.52. The number of oxazole rings is 1. The van der Waals surface area contributed by atoms with Crippen LogP contribution in [0.2, 0.25) is 0 Å². The van der Waals surface area contributed by atoms with Crippen molar-refractivity contribution >= 4 is 11.8 Å². The molecule has 2 aromatic carbocycles. The standard InChI is InChI=1S/C21H18FNO4/c1-14(21(25)16-5-3-2-4-6-16)26-20(24)12-11-19-23-13-18(27-19)15-7-9-17(22)10-8-15/h2-10,13-14H,11-12H2,1H3. The number of ether oxygens (including phenoxy) is 1. The van der Waals surface area contributed by atoms with Gasteiger partial charge in [0.15, 0.2) is 17.8 Å². The van der Waals surface area contributed by atoms with Gasteiger partial charge in [-0.1, -0.05) is 30.3 Å². The summed E-state index contributed by atoms with van der Waals surface area (Å²) in [6.45, 7) is 1.55. The minimum Gasteiger partial charge on any atom is -0.454 e. The average Bonchev–Trinajstić information content (AvgIpc) is 3.16. The summed E-state index contributed by atoms with van der Waals surface area (Å²) in [6.07, 6.45) is 0.941. The number of carbonyl (C=O) groups is 2. The van der Waals surface area contributed by atoms with Gasteiger partial charge in [0.25, 0.3) is 0 Å². The number of aryl methyl sites for hydroxylation is 1. The lowest BCUT2D eigenvalue weighted by Crippen LogP contribution is -2.24. The molecule has 1 aromatic heterocycles. The largest absolute Gasteiger partial charge is 0.454 e. The normalized spacial score (nSPS) is 11.8. The molecule has 6 heteroatoms. The maximum atomic E-state index is 13.0. The molecule has 0 saturated carbocycles. The number of Topliss-reactive ketones (excluding diaryl/α,β-unsaturated/α-hetero) is 1. The predicted octanol–water partition coefficient (Wildman–Crippen LogP) is 4.23. The van der Waals surface area contributed by atoms with E-state index in [1.165, 1.54) is 18.3 Å². The molecule has 0 fully saturated rings. The molecule has 0 N–H and O–H groups in total. The number of hydrogen-bond acceptors (Lipinski definition) is 5. The third-order valence-electron chi connectivity index (χ3n) is 3.96. The second-order valence-electron chi connectivity index (χ2n) is 5.99. The van der Waals surface area contributed by atoms with Crippen LogP contribution in [0.15, 0.2) is 65.2 Å². The Balaban J connectivity index is 1.52. The van der Waals surface area contributed by atoms with E-state index in [2.05, 4.69) is 4.98 Å². The second-order valence-corrected chi connectivity index (χ2v) is 5.99. The van der Waals surface area contributed by atoms with Gasteiger partial charge >= 0.3 is 5.97 Å². The summed E-state index contributed by atoms with van der Waals surface area (Å²) in [4.78, 5) is 28.3. The highest BCUT2D eigenvalue weighted by atomic mass is 19.1. The fourth-order valence-electron chi connectivity index (χ4n) is 2.53. The summed E-state index contributed by atoms with van der Waals surface area (Å²) in [5.74, 6) is -0.230. The minimum absolute atomic E-state index is 0.0375. The van der Waals surface area contributed by atoms with Crippen molar-refractivity contribution in [3.63, 3.8) is 0 Å². The van der Waals surface area contributed by atoms with Crippen LogP contribution in [0.25, 0.3) is 11.3 Å². The maximum Gasteiger partial charge on any atom is 0.307 e. The van der Waals surface area contributed by atoms with Crippen molar-refractivity contribution in [2.45, 2.75) is 25.9 Å². The van der Waals surface area contributed by atoms with Crippen LogP contribution in [-0.4, -0.2) is 22.8 Å². The molecular formula is C21H18FNO4. The van der Waals surface area contributed by atoms with Crippen molar-refractivity contribution in [3.8, 4) is 11.3 Å². The third kappa shape index (κ3) is 4.88. The van der Waals surface area contributed by atoms with Crippen LogP contribution < -0.4 is 0 Å². The van der Waals surface area contributed by atoms with Gasteiger partial charge in [0.1, 0.15) is 5.82 Å². The van der Waals surface area contributed by atoms with Gasteiger partial charge in [0.2, 0.25) is 5.78 Å². The molecule has 27 heavy (non-hydrogen) atoms. The van der Waals surface area contributed by atoms with E-state index in [1.807, 2.05) is 6.07 Å². The van der Waals surface area contributed by atoms with E-state index in [1.54, 1.807) is 43.3 Å². The smallest absolute Gasteiger partial charge is 0.307 e. The molecule has 0 saturated heterocycles. The maximum absolute atomic E-state index is 13.0. The summed E-state index contributed by atoms with van der Waals surface area (Å²) in [7, 11) is 0. The quantitative estimate of drug-likeness (QED) is 0.462. The van der Waals surface area contributed by atoms with Crippen molar-refractivity contribution in [1.82, 2.24) is 4.98 Å². The summed E-state index contributed by atoms with van der Waals surface area (Å²) < 4.78 is 23.7. The highest BCUT2D eigenvalue weighted by Crippen LogP contribution is 2.21. The zero-order valence-electron chi connectivity index (χ0n) is 14.7. The summed E-state index contributed by atoms with van der Waals surface area (Å²) in [5, 5.41) is 0. The van der Waals surface area contributed by atoms with Crippen molar-refractivity contribution in [3.05, 3.63) is 78.1 Å². The molecule has 1 atom stereocenters. The van der Waals surface area contributed by atoms with Crippen LogP contribution in [0.5, 0.6) is 0 Å². The third-order valence-corrected chi connectivity index (χ3v) is 3.96. The zero-order valence-corrected chi connectivity index (χ0v) is 14.7. The number of aromatic nitrogens is 1. The van der Waals surface area contributed by atoms with Crippen LogP contribution >= 0.6 is 0 Å².